The molecule has 120 valence electrons. The predicted octanol–water partition coefficient (Wildman–Crippen LogP) is 2.59. The van der Waals surface area contributed by atoms with Crippen LogP contribution in [0.4, 0.5) is 4.79 Å². The van der Waals surface area contributed by atoms with Gasteiger partial charge in [0.05, 0.1) is 5.69 Å². The SMILES string of the molecule is C[C@@H]1[C@H](NC(=O)n2ccc(-c3ccccn3)c2)C2CCN1CC2. The van der Waals surface area contributed by atoms with Gasteiger partial charge in [-0.05, 0) is 57.0 Å². The summed E-state index contributed by atoms with van der Waals surface area (Å²) in [4.78, 5) is 19.4. The Labute approximate surface area is 136 Å². The fourth-order valence-corrected chi connectivity index (χ4v) is 3.97. The smallest absolute Gasteiger partial charge is 0.325 e. The van der Waals surface area contributed by atoms with Crippen molar-refractivity contribution in [2.45, 2.75) is 31.8 Å². The van der Waals surface area contributed by atoms with Gasteiger partial charge in [-0.3, -0.25) is 14.5 Å². The van der Waals surface area contributed by atoms with Crippen LogP contribution in [0.3, 0.4) is 0 Å². The molecule has 1 N–H and O–H groups in total. The number of amides is 1. The Hall–Kier alpha value is -2.14. The number of carbonyl (C=O) groups excluding carboxylic acids is 1. The van der Waals surface area contributed by atoms with Crippen LogP contribution in [0.2, 0.25) is 0 Å². The zero-order valence-electron chi connectivity index (χ0n) is 13.4. The van der Waals surface area contributed by atoms with Crippen LogP contribution in [-0.2, 0) is 0 Å². The molecule has 0 aromatic carbocycles. The van der Waals surface area contributed by atoms with Crippen LogP contribution >= 0.6 is 0 Å². The van der Waals surface area contributed by atoms with Gasteiger partial charge in [0, 0.05) is 36.2 Å². The summed E-state index contributed by atoms with van der Waals surface area (Å²) in [6.45, 7) is 4.57. The summed E-state index contributed by atoms with van der Waals surface area (Å²) in [6.07, 6.45) is 7.82. The van der Waals surface area contributed by atoms with Gasteiger partial charge in [0.25, 0.3) is 0 Å². The van der Waals surface area contributed by atoms with Gasteiger partial charge in [0.1, 0.15) is 0 Å². The van der Waals surface area contributed by atoms with Crippen molar-refractivity contribution in [3.63, 3.8) is 0 Å². The van der Waals surface area contributed by atoms with Crippen LogP contribution in [0.15, 0.2) is 42.9 Å². The molecule has 3 aliphatic rings. The minimum Gasteiger partial charge on any atom is -0.333 e. The fourth-order valence-electron chi connectivity index (χ4n) is 3.97. The average molecular weight is 310 g/mol. The minimum absolute atomic E-state index is 0.0437. The molecule has 5 rings (SSSR count). The van der Waals surface area contributed by atoms with Crippen LogP contribution in [-0.4, -0.2) is 45.7 Å². The molecule has 2 aromatic rings. The van der Waals surface area contributed by atoms with Crippen molar-refractivity contribution in [3.8, 4) is 11.3 Å². The molecule has 3 fully saturated rings. The number of carbonyl (C=O) groups is 1. The second-order valence-electron chi connectivity index (χ2n) is 6.61. The summed E-state index contributed by atoms with van der Waals surface area (Å²) in [7, 11) is 0. The molecule has 2 bridgehead atoms. The van der Waals surface area contributed by atoms with Crippen LogP contribution in [0, 0.1) is 5.92 Å². The Morgan fingerprint density at radius 2 is 2.09 bits per heavy atom. The van der Waals surface area contributed by atoms with E-state index in [0.29, 0.717) is 12.0 Å². The Kier molecular flexibility index (Phi) is 3.65. The Balaban J connectivity index is 1.49. The first-order valence-electron chi connectivity index (χ1n) is 8.37. The predicted molar refractivity (Wildman–Crippen MR) is 89.1 cm³/mol. The molecule has 0 spiro atoms. The first-order chi connectivity index (χ1) is 11.2. The monoisotopic (exact) mass is 310 g/mol. The van der Waals surface area contributed by atoms with Crippen molar-refractivity contribution in [3.05, 3.63) is 42.9 Å². The number of nitrogens with one attached hydrogen (secondary N) is 1. The molecular weight excluding hydrogens is 288 g/mol. The molecule has 0 aliphatic carbocycles. The summed E-state index contributed by atoms with van der Waals surface area (Å²) in [5.41, 5.74) is 1.85. The Bertz CT molecular complexity index is 686. The Morgan fingerprint density at radius 3 is 2.78 bits per heavy atom. The summed E-state index contributed by atoms with van der Waals surface area (Å²) in [6, 6.07) is 8.37. The molecule has 0 unspecified atom stereocenters. The second kappa shape index (κ2) is 5.81. The zero-order chi connectivity index (χ0) is 15.8. The minimum atomic E-state index is -0.0437. The molecule has 3 saturated heterocycles. The standard InChI is InChI=1S/C18H22N4O/c1-13-17(14-5-9-21(13)10-6-14)20-18(23)22-11-7-15(12-22)16-4-2-3-8-19-16/h2-4,7-8,11-14,17H,5-6,9-10H2,1H3,(H,20,23)/t13-,17+/m1/s1. The molecule has 0 radical (unpaired) electrons. The lowest BCUT2D eigenvalue weighted by molar-refractivity contribution is 0.0267. The van der Waals surface area contributed by atoms with Gasteiger partial charge in [-0.2, -0.15) is 0 Å². The lowest BCUT2D eigenvalue weighted by Gasteiger charge is -2.49. The van der Waals surface area contributed by atoms with Crippen LogP contribution < -0.4 is 5.32 Å². The lowest BCUT2D eigenvalue weighted by Crippen LogP contribution is -2.62. The largest absolute Gasteiger partial charge is 0.333 e. The highest BCUT2D eigenvalue weighted by atomic mass is 16.2. The van der Waals surface area contributed by atoms with Gasteiger partial charge in [0.2, 0.25) is 0 Å². The fraction of sp³-hybridized carbons (Fsp3) is 0.444. The third-order valence-electron chi connectivity index (χ3n) is 5.36. The number of hydrogen-bond acceptors (Lipinski definition) is 3. The quantitative estimate of drug-likeness (QED) is 0.927. The molecule has 0 saturated carbocycles. The maximum absolute atomic E-state index is 12.6. The number of fused-ring (bicyclic) bond motifs is 3. The highest BCUT2D eigenvalue weighted by Crippen LogP contribution is 2.32. The molecular formula is C18H22N4O. The van der Waals surface area contributed by atoms with E-state index in [9.17, 15) is 4.79 Å². The van der Waals surface area contributed by atoms with E-state index in [2.05, 4.69) is 22.1 Å². The van der Waals surface area contributed by atoms with Crippen LogP contribution in [0.25, 0.3) is 11.3 Å². The zero-order valence-corrected chi connectivity index (χ0v) is 13.4. The lowest BCUT2D eigenvalue weighted by atomic mass is 9.79. The third-order valence-corrected chi connectivity index (χ3v) is 5.36. The van der Waals surface area contributed by atoms with E-state index in [4.69, 9.17) is 0 Å². The first-order valence-corrected chi connectivity index (χ1v) is 8.37. The topological polar surface area (TPSA) is 50.2 Å². The first kappa shape index (κ1) is 14.5. The van der Waals surface area contributed by atoms with E-state index in [1.807, 2.05) is 36.7 Å². The van der Waals surface area contributed by atoms with E-state index in [-0.39, 0.29) is 12.1 Å². The molecule has 5 nitrogen and oxygen atoms in total. The number of piperidine rings is 3. The number of hydrogen-bond donors (Lipinski definition) is 1. The van der Waals surface area contributed by atoms with Crippen molar-refractivity contribution >= 4 is 6.03 Å². The van der Waals surface area contributed by atoms with E-state index in [0.717, 1.165) is 11.3 Å². The molecule has 3 aliphatic heterocycles. The summed E-state index contributed by atoms with van der Waals surface area (Å²) in [5, 5.41) is 3.24. The normalized spacial score (nSPS) is 29.4. The molecule has 2 atom stereocenters. The van der Waals surface area contributed by atoms with Crippen molar-refractivity contribution < 1.29 is 4.79 Å². The third kappa shape index (κ3) is 2.65. The second-order valence-corrected chi connectivity index (χ2v) is 6.61. The summed E-state index contributed by atoms with van der Waals surface area (Å²) in [5.74, 6) is 0.616. The molecule has 23 heavy (non-hydrogen) atoms. The van der Waals surface area contributed by atoms with E-state index in [1.54, 1.807) is 10.8 Å². The van der Waals surface area contributed by atoms with E-state index < -0.39 is 0 Å². The van der Waals surface area contributed by atoms with Crippen LogP contribution in [0.1, 0.15) is 19.8 Å². The maximum atomic E-state index is 12.6. The highest BCUT2D eigenvalue weighted by molar-refractivity contribution is 5.79. The van der Waals surface area contributed by atoms with Gasteiger partial charge in [-0.1, -0.05) is 6.07 Å². The van der Waals surface area contributed by atoms with Gasteiger partial charge in [0.15, 0.2) is 0 Å². The number of aromatic nitrogens is 2. The van der Waals surface area contributed by atoms with Gasteiger partial charge in [-0.25, -0.2) is 4.79 Å². The number of nitrogens with zero attached hydrogens (tertiary/aromatic N) is 3. The number of pyridine rings is 1. The van der Waals surface area contributed by atoms with Crippen molar-refractivity contribution in [1.29, 1.82) is 0 Å². The van der Waals surface area contributed by atoms with Crippen molar-refractivity contribution in [2.75, 3.05) is 13.1 Å². The van der Waals surface area contributed by atoms with Crippen molar-refractivity contribution in [2.24, 2.45) is 5.92 Å². The van der Waals surface area contributed by atoms with E-state index in [1.165, 1.54) is 25.9 Å². The molecule has 5 heteroatoms. The summed E-state index contributed by atoms with van der Waals surface area (Å²) < 4.78 is 1.63. The average Bonchev–Trinajstić information content (AvgIpc) is 3.09. The summed E-state index contributed by atoms with van der Waals surface area (Å²) >= 11 is 0. The number of rotatable bonds is 2. The van der Waals surface area contributed by atoms with Gasteiger partial charge >= 0.3 is 6.03 Å². The van der Waals surface area contributed by atoms with Crippen molar-refractivity contribution in [1.82, 2.24) is 19.8 Å². The van der Waals surface area contributed by atoms with Gasteiger partial charge in [-0.15, -0.1) is 0 Å². The maximum Gasteiger partial charge on any atom is 0.325 e. The Morgan fingerprint density at radius 1 is 1.26 bits per heavy atom. The highest BCUT2D eigenvalue weighted by Gasteiger charge is 2.40. The van der Waals surface area contributed by atoms with Crippen LogP contribution in [0.5, 0.6) is 0 Å². The molecule has 1 amide bonds. The van der Waals surface area contributed by atoms with E-state index >= 15 is 0 Å². The molecule has 5 heterocycles. The van der Waals surface area contributed by atoms with Gasteiger partial charge < -0.3 is 5.32 Å². The molecule has 2 aromatic heterocycles.